The summed E-state index contributed by atoms with van der Waals surface area (Å²) in [7, 11) is 0. The van der Waals surface area contributed by atoms with Gasteiger partial charge in [0.25, 0.3) is 0 Å². The average Bonchev–Trinajstić information content (AvgIpc) is 4.19. The molecular weight excluding hydrogens is 947 g/mol. The van der Waals surface area contributed by atoms with Crippen LogP contribution in [0.25, 0.3) is 134 Å². The zero-order valence-corrected chi connectivity index (χ0v) is 43.9. The largest absolute Gasteiger partial charge is 0.309 e. The van der Waals surface area contributed by atoms with Crippen molar-refractivity contribution in [3.05, 3.63) is 271 Å². The van der Waals surface area contributed by atoms with Crippen molar-refractivity contribution >= 4 is 43.6 Å². The molecule has 14 rings (SSSR count). The Labute approximate surface area is 454 Å². The van der Waals surface area contributed by atoms with E-state index in [2.05, 4.69) is 249 Å². The van der Waals surface area contributed by atoms with E-state index in [0.717, 1.165) is 50.1 Å². The lowest BCUT2D eigenvalue weighted by atomic mass is 9.99. The van der Waals surface area contributed by atoms with Gasteiger partial charge in [0.2, 0.25) is 0 Å². The molecule has 0 spiro atoms. The Kier molecular flexibility index (Phi) is 11.3. The topological polar surface area (TPSA) is 48.5 Å². The summed E-state index contributed by atoms with van der Waals surface area (Å²) < 4.78 is 4.88. The van der Waals surface area contributed by atoms with Crippen LogP contribution in [0, 0.1) is 27.7 Å². The molecule has 0 aliphatic carbocycles. The highest BCUT2D eigenvalue weighted by Gasteiger charge is 2.22. The molecule has 78 heavy (non-hydrogen) atoms. The third kappa shape index (κ3) is 8.43. The highest BCUT2D eigenvalue weighted by molar-refractivity contribution is 6.13. The summed E-state index contributed by atoms with van der Waals surface area (Å²) >= 11 is 0. The quantitative estimate of drug-likeness (QED) is 0.145. The summed E-state index contributed by atoms with van der Waals surface area (Å²) in [6.07, 6.45) is 0. The van der Waals surface area contributed by atoms with Gasteiger partial charge in [0.1, 0.15) is 0 Å². The molecule has 370 valence electrons. The van der Waals surface area contributed by atoms with Gasteiger partial charge < -0.3 is 9.13 Å². The fraction of sp³-hybridized carbons (Fsp3) is 0.0548. The summed E-state index contributed by atoms with van der Waals surface area (Å²) in [4.78, 5) is 15.9. The van der Waals surface area contributed by atoms with Crippen LogP contribution < -0.4 is 0 Å². The zero-order valence-electron chi connectivity index (χ0n) is 43.9. The van der Waals surface area contributed by atoms with E-state index in [9.17, 15) is 0 Å². The van der Waals surface area contributed by atoms with Crippen molar-refractivity contribution in [1.82, 2.24) is 24.1 Å². The number of fused-ring (bicyclic) bond motifs is 6. The van der Waals surface area contributed by atoms with Crippen LogP contribution in [-0.4, -0.2) is 24.1 Å². The van der Waals surface area contributed by atoms with Gasteiger partial charge in [-0.3, -0.25) is 0 Å². The second-order valence-electron chi connectivity index (χ2n) is 20.9. The summed E-state index contributed by atoms with van der Waals surface area (Å²) in [5, 5.41) is 4.69. The zero-order chi connectivity index (χ0) is 52.4. The number of aryl methyl sites for hydroxylation is 4. The van der Waals surface area contributed by atoms with Gasteiger partial charge in [-0.2, -0.15) is 0 Å². The fourth-order valence-electron chi connectivity index (χ4n) is 11.5. The molecule has 0 saturated carbocycles. The number of nitrogens with zero attached hydrogens (tertiary/aromatic N) is 5. The van der Waals surface area contributed by atoms with E-state index >= 15 is 0 Å². The Morgan fingerprint density at radius 2 is 0.487 bits per heavy atom. The van der Waals surface area contributed by atoms with E-state index in [0.29, 0.717) is 17.5 Å². The smallest absolute Gasteiger partial charge is 0.164 e. The Bertz CT molecular complexity index is 4160. The molecule has 5 heteroatoms. The van der Waals surface area contributed by atoms with Crippen molar-refractivity contribution in [1.29, 1.82) is 0 Å². The first kappa shape index (κ1) is 46.6. The van der Waals surface area contributed by atoms with E-state index in [1.54, 1.807) is 0 Å². The molecule has 0 N–H and O–H groups in total. The number of rotatable bonds is 9. The van der Waals surface area contributed by atoms with Crippen molar-refractivity contribution < 1.29 is 0 Å². The Hall–Kier alpha value is -9.97. The molecule has 3 aromatic heterocycles. The third-order valence-corrected chi connectivity index (χ3v) is 15.3. The lowest BCUT2D eigenvalue weighted by Gasteiger charge is -2.16. The minimum Gasteiger partial charge on any atom is -0.309 e. The predicted molar refractivity (Wildman–Crippen MR) is 326 cm³/mol. The number of hydrogen-bond donors (Lipinski definition) is 0. The molecule has 0 saturated heterocycles. The Morgan fingerprint density at radius 3 is 0.782 bits per heavy atom. The monoisotopic (exact) mass is 999 g/mol. The SMILES string of the molecule is Cc1cccc(-c2ccc3c(c2)c2cc(-c4cccc(C)c4)ccc2n3-c2cc(-c3nc(-c4ccccc4)nc(-c4ccccc4)n3)cc(-n3c4ccc(-c5cccc(C)c5)cc4c4cc(-c5cccc(C)c5)ccc43)c2)c1. The Balaban J connectivity index is 1.07. The highest BCUT2D eigenvalue weighted by atomic mass is 15.0. The van der Waals surface area contributed by atoms with Crippen LogP contribution in [0.15, 0.2) is 249 Å². The van der Waals surface area contributed by atoms with E-state index in [-0.39, 0.29) is 0 Å². The molecule has 5 nitrogen and oxygen atoms in total. The van der Waals surface area contributed by atoms with Crippen molar-refractivity contribution in [3.63, 3.8) is 0 Å². The van der Waals surface area contributed by atoms with Crippen LogP contribution in [0.2, 0.25) is 0 Å². The Morgan fingerprint density at radius 1 is 0.218 bits per heavy atom. The number of benzene rings is 11. The van der Waals surface area contributed by atoms with Gasteiger partial charge in [-0.05, 0) is 139 Å². The van der Waals surface area contributed by atoms with Crippen molar-refractivity contribution in [2.24, 2.45) is 0 Å². The fourth-order valence-corrected chi connectivity index (χ4v) is 11.5. The molecule has 0 unspecified atom stereocenters. The maximum Gasteiger partial charge on any atom is 0.164 e. The van der Waals surface area contributed by atoms with Gasteiger partial charge in [-0.15, -0.1) is 0 Å². The van der Waals surface area contributed by atoms with Crippen LogP contribution in [0.5, 0.6) is 0 Å². The summed E-state index contributed by atoms with van der Waals surface area (Å²) in [6.45, 7) is 8.64. The third-order valence-electron chi connectivity index (χ3n) is 15.3. The lowest BCUT2D eigenvalue weighted by molar-refractivity contribution is 1.07. The molecular formula is C73H53N5. The molecule has 0 bridgehead atoms. The first-order chi connectivity index (χ1) is 38.2. The molecule has 0 aliphatic rings. The summed E-state index contributed by atoms with van der Waals surface area (Å²) in [6, 6.07) is 90.3. The standard InChI is InChI=1S/C73H53N5/c1-46-15-11-23-52(35-46)56-27-31-67-63(41-56)64-42-57(53-24-12-16-47(2)36-53)28-32-68(64)77(67)61-39-60(73-75-71(50-19-7-5-8-20-50)74-72(76-73)51-21-9-6-10-22-51)40-62(45-61)78-69-33-29-58(54-25-13-17-48(3)37-54)43-65(69)66-44-59(30-34-70(66)78)55-26-14-18-49(4)38-55/h5-45H,1-4H3. The number of hydrogen-bond acceptors (Lipinski definition) is 3. The molecule has 0 amide bonds. The van der Waals surface area contributed by atoms with Crippen molar-refractivity contribution in [3.8, 4) is 90.0 Å². The maximum atomic E-state index is 5.36. The first-order valence-corrected chi connectivity index (χ1v) is 26.7. The summed E-state index contributed by atoms with van der Waals surface area (Å²) in [5.74, 6) is 1.80. The second-order valence-corrected chi connectivity index (χ2v) is 20.9. The van der Waals surface area contributed by atoms with Gasteiger partial charge in [-0.25, -0.2) is 15.0 Å². The molecule has 0 atom stereocenters. The molecule has 0 radical (unpaired) electrons. The van der Waals surface area contributed by atoms with Crippen LogP contribution >= 0.6 is 0 Å². The van der Waals surface area contributed by atoms with Crippen LogP contribution in [-0.2, 0) is 0 Å². The van der Waals surface area contributed by atoms with Gasteiger partial charge in [0.05, 0.1) is 22.1 Å². The average molecular weight is 1000 g/mol. The van der Waals surface area contributed by atoms with Crippen molar-refractivity contribution in [2.45, 2.75) is 27.7 Å². The first-order valence-electron chi connectivity index (χ1n) is 26.7. The summed E-state index contributed by atoms with van der Waals surface area (Å²) in [5.41, 5.74) is 23.5. The van der Waals surface area contributed by atoms with Crippen LogP contribution in [0.3, 0.4) is 0 Å². The minimum absolute atomic E-state index is 0.583. The van der Waals surface area contributed by atoms with Gasteiger partial charge in [-0.1, -0.05) is 204 Å². The molecule has 11 aromatic carbocycles. The van der Waals surface area contributed by atoms with Gasteiger partial charge >= 0.3 is 0 Å². The highest BCUT2D eigenvalue weighted by Crippen LogP contribution is 2.42. The number of aromatic nitrogens is 5. The molecule has 0 fully saturated rings. The molecule has 3 heterocycles. The van der Waals surface area contributed by atoms with E-state index in [1.165, 1.54) is 88.3 Å². The van der Waals surface area contributed by atoms with Crippen LogP contribution in [0.1, 0.15) is 22.3 Å². The molecule has 14 aromatic rings. The van der Waals surface area contributed by atoms with Crippen LogP contribution in [0.4, 0.5) is 0 Å². The minimum atomic E-state index is 0.583. The van der Waals surface area contributed by atoms with E-state index < -0.39 is 0 Å². The van der Waals surface area contributed by atoms with Crippen molar-refractivity contribution in [2.75, 3.05) is 0 Å². The molecule has 0 aliphatic heterocycles. The van der Waals surface area contributed by atoms with E-state index in [4.69, 9.17) is 15.0 Å². The van der Waals surface area contributed by atoms with Gasteiger partial charge in [0, 0.05) is 49.6 Å². The second kappa shape index (κ2) is 19.0. The predicted octanol–water partition coefficient (Wildman–Crippen LogP) is 19.0. The van der Waals surface area contributed by atoms with E-state index in [1.807, 2.05) is 36.4 Å². The maximum absolute atomic E-state index is 5.36. The normalized spacial score (nSPS) is 11.6. The van der Waals surface area contributed by atoms with Gasteiger partial charge in [0.15, 0.2) is 17.5 Å². The lowest BCUT2D eigenvalue weighted by Crippen LogP contribution is -2.03.